The number of rotatable bonds is 6. The van der Waals surface area contributed by atoms with Crippen LogP contribution in [0.5, 0.6) is 0 Å². The van der Waals surface area contributed by atoms with E-state index in [-0.39, 0.29) is 5.97 Å². The van der Waals surface area contributed by atoms with E-state index in [0.717, 1.165) is 38.5 Å². The molecule has 0 radical (unpaired) electrons. The molecule has 0 aromatic carbocycles. The van der Waals surface area contributed by atoms with E-state index < -0.39 is 0 Å². The summed E-state index contributed by atoms with van der Waals surface area (Å²) in [7, 11) is 1.43. The van der Waals surface area contributed by atoms with Gasteiger partial charge in [-0.3, -0.25) is 4.79 Å². The Labute approximate surface area is 141 Å². The molecule has 0 heterocycles. The van der Waals surface area contributed by atoms with E-state index in [1.54, 1.807) is 0 Å². The Morgan fingerprint density at radius 2 is 1.26 bits per heavy atom. The monoisotopic (exact) mass is 310 g/mol. The van der Waals surface area contributed by atoms with E-state index in [1.165, 1.54) is 7.11 Å². The molecule has 0 aliphatic rings. The van der Waals surface area contributed by atoms with Crippen LogP contribution >= 0.6 is 0 Å². The van der Waals surface area contributed by atoms with Crippen molar-refractivity contribution in [2.45, 2.75) is 71.1 Å². The highest BCUT2D eigenvalue weighted by atomic mass is 16.5. The lowest BCUT2D eigenvalue weighted by molar-refractivity contribution is -0.140. The highest BCUT2D eigenvalue weighted by Crippen LogP contribution is 2.05. The molecule has 0 N–H and O–H groups in total. The number of ether oxygens (including phenoxy) is 1. The fourth-order valence-corrected chi connectivity index (χ4v) is 1.66. The lowest BCUT2D eigenvalue weighted by atomic mass is 10.1. The summed E-state index contributed by atoms with van der Waals surface area (Å²) in [6.07, 6.45) is 8.27. The first-order valence-electron chi connectivity index (χ1n) is 8.21. The maximum Gasteiger partial charge on any atom is 0.305 e. The van der Waals surface area contributed by atoms with Crippen molar-refractivity contribution in [3.8, 4) is 47.4 Å². The number of carbonyl (C=O) groups excluding carboxylic acids is 1. The van der Waals surface area contributed by atoms with Crippen LogP contribution in [0.3, 0.4) is 0 Å². The van der Waals surface area contributed by atoms with Crippen LogP contribution in [0.15, 0.2) is 0 Å². The lowest BCUT2D eigenvalue weighted by Gasteiger charge is -1.98. The van der Waals surface area contributed by atoms with Crippen LogP contribution in [0, 0.1) is 47.4 Å². The summed E-state index contributed by atoms with van der Waals surface area (Å²) in [4.78, 5) is 10.9. The fourth-order valence-electron chi connectivity index (χ4n) is 1.66. The molecule has 0 rings (SSSR count). The smallest absolute Gasteiger partial charge is 0.305 e. The van der Waals surface area contributed by atoms with Gasteiger partial charge in [-0.25, -0.2) is 0 Å². The van der Waals surface area contributed by atoms with Gasteiger partial charge in [0.15, 0.2) is 0 Å². The second kappa shape index (κ2) is 17.8. The van der Waals surface area contributed by atoms with E-state index >= 15 is 0 Å². The molecular formula is C21H26O2. The normalized spacial score (nSPS) is 8.09. The average molecular weight is 310 g/mol. The highest BCUT2D eigenvalue weighted by Gasteiger charge is 1.98. The second-order valence-corrected chi connectivity index (χ2v) is 4.79. The number of carbonyl (C=O) groups is 1. The Bertz CT molecular complexity index is 556. The molecule has 0 aliphatic carbocycles. The van der Waals surface area contributed by atoms with E-state index in [0.29, 0.717) is 25.7 Å². The number of methoxy groups -OCH3 is 1. The van der Waals surface area contributed by atoms with Gasteiger partial charge in [-0.15, -0.1) is 11.8 Å². The van der Waals surface area contributed by atoms with Crippen LogP contribution in [-0.4, -0.2) is 13.1 Å². The van der Waals surface area contributed by atoms with Crippen LogP contribution in [0.25, 0.3) is 0 Å². The summed E-state index contributed by atoms with van der Waals surface area (Å²) in [5, 5.41) is 0. The van der Waals surface area contributed by atoms with Gasteiger partial charge in [0.2, 0.25) is 0 Å². The first-order valence-corrected chi connectivity index (χ1v) is 8.21. The Hall–Kier alpha value is -2.29. The van der Waals surface area contributed by atoms with E-state index in [9.17, 15) is 4.79 Å². The summed E-state index contributed by atoms with van der Waals surface area (Å²) in [6, 6.07) is 0. The van der Waals surface area contributed by atoms with Crippen LogP contribution in [0.1, 0.15) is 71.1 Å². The molecular weight excluding hydrogens is 284 g/mol. The van der Waals surface area contributed by atoms with Gasteiger partial charge in [0.25, 0.3) is 0 Å². The van der Waals surface area contributed by atoms with E-state index in [2.05, 4.69) is 52.1 Å². The molecule has 23 heavy (non-hydrogen) atoms. The zero-order valence-electron chi connectivity index (χ0n) is 14.4. The van der Waals surface area contributed by atoms with Crippen molar-refractivity contribution in [3.63, 3.8) is 0 Å². The summed E-state index contributed by atoms with van der Waals surface area (Å²) in [6.45, 7) is 2.03. The summed E-state index contributed by atoms with van der Waals surface area (Å²) in [5.41, 5.74) is 0. The molecule has 0 aliphatic heterocycles. The summed E-state index contributed by atoms with van der Waals surface area (Å²) < 4.78 is 4.59. The molecule has 0 saturated carbocycles. The van der Waals surface area contributed by atoms with Gasteiger partial charge in [0.05, 0.1) is 26.4 Å². The molecule has 0 saturated heterocycles. The second-order valence-electron chi connectivity index (χ2n) is 4.79. The number of esters is 1. The molecule has 2 nitrogen and oxygen atoms in total. The summed E-state index contributed by atoms with van der Waals surface area (Å²) in [5.74, 6) is 24.0. The first kappa shape index (κ1) is 20.7. The zero-order chi connectivity index (χ0) is 17.0. The number of unbranched alkanes of at least 4 members (excludes halogenated alkanes) is 4. The largest absolute Gasteiger partial charge is 0.469 e. The van der Waals surface area contributed by atoms with E-state index in [4.69, 9.17) is 0 Å². The number of hydrogen-bond acceptors (Lipinski definition) is 2. The quantitative estimate of drug-likeness (QED) is 0.419. The van der Waals surface area contributed by atoms with Crippen LogP contribution < -0.4 is 0 Å². The predicted octanol–water partition coefficient (Wildman–Crippen LogP) is 4.09. The zero-order valence-corrected chi connectivity index (χ0v) is 14.4. The van der Waals surface area contributed by atoms with Crippen molar-refractivity contribution < 1.29 is 9.53 Å². The molecule has 0 fully saturated rings. The maximum absolute atomic E-state index is 10.9. The molecule has 0 atom stereocenters. The van der Waals surface area contributed by atoms with Crippen LogP contribution in [0.4, 0.5) is 0 Å². The molecule has 0 spiro atoms. The molecule has 0 aromatic rings. The standard InChI is InChI=1S/C21H26O2/c1-3-4-5-6-7-8-9-10-11-12-13-14-15-16-17-18-19-20-21(22)23-2/h3,6,9,12,15-20H2,1-2H3. The minimum Gasteiger partial charge on any atom is -0.469 e. The lowest BCUT2D eigenvalue weighted by Crippen LogP contribution is -1.98. The minimum absolute atomic E-state index is 0.123. The molecule has 0 bridgehead atoms. The average Bonchev–Trinajstić information content (AvgIpc) is 2.57. The van der Waals surface area contributed by atoms with Gasteiger partial charge in [0.1, 0.15) is 0 Å². The van der Waals surface area contributed by atoms with Crippen LogP contribution in [-0.2, 0) is 9.53 Å². The Morgan fingerprint density at radius 3 is 1.83 bits per heavy atom. The molecule has 0 amide bonds. The highest BCUT2D eigenvalue weighted by molar-refractivity contribution is 5.68. The Balaban J connectivity index is 3.49. The fraction of sp³-hybridized carbons (Fsp3) is 0.571. The van der Waals surface area contributed by atoms with Gasteiger partial charge in [-0.05, 0) is 12.8 Å². The minimum atomic E-state index is -0.123. The van der Waals surface area contributed by atoms with Gasteiger partial charge in [-0.1, -0.05) is 55.3 Å². The number of hydrogen-bond donors (Lipinski definition) is 0. The van der Waals surface area contributed by atoms with Crippen molar-refractivity contribution in [2.75, 3.05) is 7.11 Å². The van der Waals surface area contributed by atoms with Crippen molar-refractivity contribution in [2.24, 2.45) is 0 Å². The molecule has 0 aromatic heterocycles. The van der Waals surface area contributed by atoms with Crippen molar-refractivity contribution in [3.05, 3.63) is 0 Å². The molecule has 122 valence electrons. The third kappa shape index (κ3) is 17.7. The Kier molecular flexibility index (Phi) is 16.0. The Morgan fingerprint density at radius 1 is 0.739 bits per heavy atom. The van der Waals surface area contributed by atoms with Gasteiger partial charge in [-0.2, -0.15) is 0 Å². The summed E-state index contributed by atoms with van der Waals surface area (Å²) >= 11 is 0. The van der Waals surface area contributed by atoms with Crippen molar-refractivity contribution >= 4 is 5.97 Å². The van der Waals surface area contributed by atoms with Gasteiger partial charge < -0.3 is 4.74 Å². The van der Waals surface area contributed by atoms with Gasteiger partial charge >= 0.3 is 5.97 Å². The molecule has 0 unspecified atom stereocenters. The third-order valence-corrected chi connectivity index (χ3v) is 2.87. The van der Waals surface area contributed by atoms with Gasteiger partial charge in [0, 0.05) is 19.3 Å². The first-order chi connectivity index (χ1) is 11.3. The van der Waals surface area contributed by atoms with E-state index in [1.807, 2.05) is 6.92 Å². The maximum atomic E-state index is 10.9. The SMILES string of the molecule is CCC#CCC#CCC#CCC#CCCCCCCC(=O)OC. The third-order valence-electron chi connectivity index (χ3n) is 2.87. The van der Waals surface area contributed by atoms with Crippen molar-refractivity contribution in [1.82, 2.24) is 0 Å². The van der Waals surface area contributed by atoms with Crippen molar-refractivity contribution in [1.29, 1.82) is 0 Å². The molecule has 2 heteroatoms. The van der Waals surface area contributed by atoms with Crippen LogP contribution in [0.2, 0.25) is 0 Å². The predicted molar refractivity (Wildman–Crippen MR) is 95.0 cm³/mol. The topological polar surface area (TPSA) is 26.3 Å².